The Labute approximate surface area is 72.7 Å². The zero-order valence-electron chi connectivity index (χ0n) is 7.16. The summed E-state index contributed by atoms with van der Waals surface area (Å²) in [6.07, 6.45) is 2.52. The van der Waals surface area contributed by atoms with Gasteiger partial charge in [0.05, 0.1) is 0 Å². The Bertz CT molecular complexity index is 270. The summed E-state index contributed by atoms with van der Waals surface area (Å²) < 4.78 is 0. The van der Waals surface area contributed by atoms with Crippen LogP contribution in [-0.2, 0) is 4.79 Å². The van der Waals surface area contributed by atoms with Gasteiger partial charge in [0.25, 0.3) is 0 Å². The van der Waals surface area contributed by atoms with Crippen LogP contribution in [0.5, 0.6) is 0 Å². The fraction of sp³-hybridized carbons (Fsp3) is 0.273. The van der Waals surface area contributed by atoms with Gasteiger partial charge in [0.1, 0.15) is 5.94 Å². The van der Waals surface area contributed by atoms with E-state index in [9.17, 15) is 4.79 Å². The third kappa shape index (κ3) is 2.08. The van der Waals surface area contributed by atoms with E-state index in [-0.39, 0.29) is 5.92 Å². The molecule has 0 saturated carbocycles. The molecule has 0 spiro atoms. The second kappa shape index (κ2) is 4.53. The maximum Gasteiger partial charge on any atom is 0.120 e. The number of rotatable bonds is 3. The van der Waals surface area contributed by atoms with Gasteiger partial charge in [-0.05, 0) is 12.0 Å². The Morgan fingerprint density at radius 2 is 2.08 bits per heavy atom. The van der Waals surface area contributed by atoms with E-state index in [2.05, 4.69) is 6.92 Å². The summed E-state index contributed by atoms with van der Waals surface area (Å²) in [7, 11) is 0. The molecule has 0 aliphatic carbocycles. The van der Waals surface area contributed by atoms with E-state index in [4.69, 9.17) is 0 Å². The van der Waals surface area contributed by atoms with E-state index in [1.807, 2.05) is 36.3 Å². The fourth-order valence-corrected chi connectivity index (χ4v) is 1.23. The van der Waals surface area contributed by atoms with Crippen LogP contribution in [0.25, 0.3) is 0 Å². The standard InChI is InChI=1S/C11H12O/c1-2-10(8-9-12)11-6-4-3-5-7-11/h3-8,10H,2H2,1H3. The van der Waals surface area contributed by atoms with Gasteiger partial charge in [-0.25, -0.2) is 4.79 Å². The molecule has 0 aromatic heterocycles. The largest absolute Gasteiger partial charge is 0.234 e. The molecule has 1 aromatic rings. The van der Waals surface area contributed by atoms with Crippen LogP contribution in [0.15, 0.2) is 36.4 Å². The first-order chi connectivity index (χ1) is 5.88. The Hall–Kier alpha value is -1.33. The summed E-state index contributed by atoms with van der Waals surface area (Å²) in [6, 6.07) is 10.00. The van der Waals surface area contributed by atoms with Crippen molar-refractivity contribution in [2.24, 2.45) is 0 Å². The zero-order valence-corrected chi connectivity index (χ0v) is 7.16. The molecule has 0 saturated heterocycles. The van der Waals surface area contributed by atoms with Gasteiger partial charge < -0.3 is 0 Å². The molecule has 0 radical (unpaired) electrons. The predicted octanol–water partition coefficient (Wildman–Crippen LogP) is 2.57. The van der Waals surface area contributed by atoms with E-state index in [1.54, 1.807) is 6.08 Å². The maximum absolute atomic E-state index is 10.2. The smallest absolute Gasteiger partial charge is 0.120 e. The first-order valence-corrected chi connectivity index (χ1v) is 4.14. The van der Waals surface area contributed by atoms with E-state index in [0.717, 1.165) is 6.42 Å². The Morgan fingerprint density at radius 3 is 2.58 bits per heavy atom. The maximum atomic E-state index is 10.2. The third-order valence-corrected chi connectivity index (χ3v) is 1.94. The van der Waals surface area contributed by atoms with Crippen molar-refractivity contribution >= 4 is 5.94 Å². The molecule has 0 amide bonds. The minimum absolute atomic E-state index is 0.226. The molecule has 1 nitrogen and oxygen atoms in total. The highest BCUT2D eigenvalue weighted by atomic mass is 16.1. The van der Waals surface area contributed by atoms with Gasteiger partial charge >= 0.3 is 0 Å². The fourth-order valence-electron chi connectivity index (χ4n) is 1.23. The SMILES string of the molecule is CCC(C=C=O)c1ccccc1. The molecule has 0 heterocycles. The lowest BCUT2D eigenvalue weighted by Gasteiger charge is -2.07. The quantitative estimate of drug-likeness (QED) is 0.621. The Balaban J connectivity index is 2.87. The highest BCUT2D eigenvalue weighted by molar-refractivity contribution is 5.48. The van der Waals surface area contributed by atoms with Crippen molar-refractivity contribution in [1.82, 2.24) is 0 Å². The average Bonchev–Trinajstić information content (AvgIpc) is 2.15. The average molecular weight is 160 g/mol. The van der Waals surface area contributed by atoms with Crippen molar-refractivity contribution in [2.75, 3.05) is 0 Å². The molecule has 12 heavy (non-hydrogen) atoms. The van der Waals surface area contributed by atoms with Gasteiger partial charge in [0.15, 0.2) is 0 Å². The lowest BCUT2D eigenvalue weighted by molar-refractivity contribution is 0.567. The summed E-state index contributed by atoms with van der Waals surface area (Å²) >= 11 is 0. The predicted molar refractivity (Wildman–Crippen MR) is 49.7 cm³/mol. The van der Waals surface area contributed by atoms with Crippen molar-refractivity contribution in [3.05, 3.63) is 42.0 Å². The van der Waals surface area contributed by atoms with Crippen LogP contribution in [0.4, 0.5) is 0 Å². The molecular weight excluding hydrogens is 148 g/mol. The summed E-state index contributed by atoms with van der Waals surface area (Å²) in [5, 5.41) is 0. The second-order valence-electron chi connectivity index (χ2n) is 2.71. The normalized spacial score (nSPS) is 11.8. The van der Waals surface area contributed by atoms with E-state index < -0.39 is 0 Å². The monoisotopic (exact) mass is 160 g/mol. The van der Waals surface area contributed by atoms with Gasteiger partial charge in [-0.2, -0.15) is 0 Å². The first-order valence-electron chi connectivity index (χ1n) is 4.14. The van der Waals surface area contributed by atoms with Crippen molar-refractivity contribution in [2.45, 2.75) is 19.3 Å². The van der Waals surface area contributed by atoms with Gasteiger partial charge in [-0.3, -0.25) is 0 Å². The van der Waals surface area contributed by atoms with Crippen LogP contribution in [0.3, 0.4) is 0 Å². The number of benzene rings is 1. The molecule has 1 aromatic carbocycles. The molecule has 0 bridgehead atoms. The topological polar surface area (TPSA) is 17.1 Å². The van der Waals surface area contributed by atoms with Crippen molar-refractivity contribution in [3.63, 3.8) is 0 Å². The Morgan fingerprint density at radius 1 is 1.42 bits per heavy atom. The Kier molecular flexibility index (Phi) is 3.31. The molecule has 1 heteroatoms. The van der Waals surface area contributed by atoms with E-state index in [1.165, 1.54) is 5.56 Å². The zero-order chi connectivity index (χ0) is 8.81. The summed E-state index contributed by atoms with van der Waals surface area (Å²) in [5.74, 6) is 2.07. The van der Waals surface area contributed by atoms with Crippen LogP contribution < -0.4 is 0 Å². The van der Waals surface area contributed by atoms with Crippen LogP contribution >= 0.6 is 0 Å². The third-order valence-electron chi connectivity index (χ3n) is 1.94. The first kappa shape index (κ1) is 8.76. The lowest BCUT2D eigenvalue weighted by Crippen LogP contribution is -1.92. The van der Waals surface area contributed by atoms with Crippen LogP contribution in [0.1, 0.15) is 24.8 Å². The van der Waals surface area contributed by atoms with Crippen LogP contribution in [-0.4, -0.2) is 5.94 Å². The minimum Gasteiger partial charge on any atom is -0.234 e. The van der Waals surface area contributed by atoms with E-state index in [0.29, 0.717) is 0 Å². The second-order valence-corrected chi connectivity index (χ2v) is 2.71. The van der Waals surface area contributed by atoms with Crippen LogP contribution in [0, 0.1) is 0 Å². The molecule has 0 aliphatic rings. The van der Waals surface area contributed by atoms with Gasteiger partial charge in [-0.15, -0.1) is 0 Å². The molecule has 1 atom stereocenters. The van der Waals surface area contributed by atoms with Crippen molar-refractivity contribution < 1.29 is 4.79 Å². The summed E-state index contributed by atoms with van der Waals surface area (Å²) in [4.78, 5) is 10.2. The molecule has 0 N–H and O–H groups in total. The number of hydrogen-bond acceptors (Lipinski definition) is 1. The van der Waals surface area contributed by atoms with Gasteiger partial charge in [0.2, 0.25) is 0 Å². The highest BCUT2D eigenvalue weighted by Gasteiger charge is 2.03. The van der Waals surface area contributed by atoms with Crippen molar-refractivity contribution in [1.29, 1.82) is 0 Å². The van der Waals surface area contributed by atoms with Gasteiger partial charge in [-0.1, -0.05) is 37.3 Å². The number of allylic oxidation sites excluding steroid dienone is 1. The summed E-state index contributed by atoms with van der Waals surface area (Å²) in [5.41, 5.74) is 1.18. The molecule has 0 fully saturated rings. The number of carbonyl (C=O) groups excluding carboxylic acids is 1. The van der Waals surface area contributed by atoms with Gasteiger partial charge in [0, 0.05) is 12.0 Å². The highest BCUT2D eigenvalue weighted by Crippen LogP contribution is 2.18. The molecular formula is C11H12O. The molecule has 62 valence electrons. The molecule has 1 unspecified atom stereocenters. The van der Waals surface area contributed by atoms with E-state index >= 15 is 0 Å². The molecule has 0 aliphatic heterocycles. The number of hydrogen-bond donors (Lipinski definition) is 0. The van der Waals surface area contributed by atoms with Crippen LogP contribution in [0.2, 0.25) is 0 Å². The minimum atomic E-state index is 0.226. The lowest BCUT2D eigenvalue weighted by atomic mass is 9.97. The molecule has 1 rings (SSSR count). The summed E-state index contributed by atoms with van der Waals surface area (Å²) in [6.45, 7) is 2.06. The van der Waals surface area contributed by atoms with Crippen molar-refractivity contribution in [3.8, 4) is 0 Å².